The lowest BCUT2D eigenvalue weighted by Gasteiger charge is -2.19. The fourth-order valence-corrected chi connectivity index (χ4v) is 3.58. The van der Waals surface area contributed by atoms with Gasteiger partial charge in [-0.3, -0.25) is 0 Å². The third-order valence-corrected chi connectivity index (χ3v) is 4.16. The van der Waals surface area contributed by atoms with Crippen LogP contribution in [-0.4, -0.2) is 36.1 Å². The first kappa shape index (κ1) is 7.76. The molecule has 1 N–H and O–H groups in total. The van der Waals surface area contributed by atoms with E-state index >= 15 is 0 Å². The predicted molar refractivity (Wildman–Crippen MR) is 47.5 cm³/mol. The molecule has 3 heteroatoms. The molecule has 0 aliphatic carbocycles. The van der Waals surface area contributed by atoms with Crippen molar-refractivity contribution in [3.05, 3.63) is 0 Å². The van der Waals surface area contributed by atoms with Gasteiger partial charge in [0.15, 0.2) is 0 Å². The Balaban J connectivity index is 2.08. The van der Waals surface area contributed by atoms with Gasteiger partial charge in [0.05, 0.1) is 0 Å². The highest BCUT2D eigenvalue weighted by Crippen LogP contribution is 2.22. The van der Waals surface area contributed by atoms with Crippen LogP contribution in [0.1, 0.15) is 0 Å². The molecular formula is C6H13NS2. The number of nitrogens with one attached hydrogen (secondary N) is 1. The fourth-order valence-electron chi connectivity index (χ4n) is 0.882. The van der Waals surface area contributed by atoms with Gasteiger partial charge in [-0.05, 0) is 7.05 Å². The van der Waals surface area contributed by atoms with E-state index in [0.29, 0.717) is 0 Å². The van der Waals surface area contributed by atoms with E-state index in [1.54, 1.807) is 0 Å². The van der Waals surface area contributed by atoms with Crippen LogP contribution >= 0.6 is 23.5 Å². The highest BCUT2D eigenvalue weighted by molar-refractivity contribution is 8.06. The summed E-state index contributed by atoms with van der Waals surface area (Å²) >= 11 is 4.19. The maximum atomic E-state index is 3.20. The summed E-state index contributed by atoms with van der Waals surface area (Å²) in [4.78, 5) is 0. The smallest absolute Gasteiger partial charge is 0.0263 e. The van der Waals surface area contributed by atoms with E-state index in [9.17, 15) is 0 Å². The van der Waals surface area contributed by atoms with E-state index in [-0.39, 0.29) is 0 Å². The zero-order valence-electron chi connectivity index (χ0n) is 5.72. The minimum atomic E-state index is 0.869. The molecule has 9 heavy (non-hydrogen) atoms. The SMILES string of the molecule is CNCC1CSCCS1. The summed E-state index contributed by atoms with van der Waals surface area (Å²) in [5, 5.41) is 4.07. The lowest BCUT2D eigenvalue weighted by molar-refractivity contribution is 0.789. The van der Waals surface area contributed by atoms with E-state index in [2.05, 4.69) is 28.8 Å². The number of hydrogen-bond donors (Lipinski definition) is 1. The molecule has 1 heterocycles. The van der Waals surface area contributed by atoms with Gasteiger partial charge in [-0.2, -0.15) is 23.5 Å². The van der Waals surface area contributed by atoms with Gasteiger partial charge >= 0.3 is 0 Å². The van der Waals surface area contributed by atoms with Crippen LogP contribution in [-0.2, 0) is 0 Å². The lowest BCUT2D eigenvalue weighted by Crippen LogP contribution is -2.26. The van der Waals surface area contributed by atoms with Gasteiger partial charge in [0.1, 0.15) is 0 Å². The number of thioether (sulfide) groups is 2. The summed E-state index contributed by atoms with van der Waals surface area (Å²) < 4.78 is 0. The van der Waals surface area contributed by atoms with Gasteiger partial charge < -0.3 is 5.32 Å². The van der Waals surface area contributed by atoms with Gasteiger partial charge in [-0.1, -0.05) is 0 Å². The second-order valence-corrected chi connectivity index (χ2v) is 4.68. The van der Waals surface area contributed by atoms with Crippen LogP contribution in [0.25, 0.3) is 0 Å². The summed E-state index contributed by atoms with van der Waals surface area (Å²) in [5.41, 5.74) is 0. The summed E-state index contributed by atoms with van der Waals surface area (Å²) in [6, 6.07) is 0. The second-order valence-electron chi connectivity index (χ2n) is 2.13. The number of rotatable bonds is 2. The molecule has 0 spiro atoms. The van der Waals surface area contributed by atoms with Crippen molar-refractivity contribution in [2.24, 2.45) is 0 Å². The molecule has 0 amide bonds. The molecule has 1 aliphatic heterocycles. The van der Waals surface area contributed by atoms with Gasteiger partial charge in [0, 0.05) is 29.1 Å². The molecule has 0 aromatic heterocycles. The Kier molecular flexibility index (Phi) is 3.86. The summed E-state index contributed by atoms with van der Waals surface area (Å²) in [6.07, 6.45) is 0. The van der Waals surface area contributed by atoms with E-state index < -0.39 is 0 Å². The molecule has 0 aromatic carbocycles. The normalized spacial score (nSPS) is 28.3. The highest BCUT2D eigenvalue weighted by atomic mass is 32.2. The third kappa shape index (κ3) is 2.83. The van der Waals surface area contributed by atoms with Crippen LogP contribution in [0.5, 0.6) is 0 Å². The second kappa shape index (κ2) is 4.47. The Morgan fingerprint density at radius 2 is 2.44 bits per heavy atom. The average molecular weight is 163 g/mol. The molecule has 1 atom stereocenters. The molecule has 1 rings (SSSR count). The van der Waals surface area contributed by atoms with Crippen molar-refractivity contribution in [2.75, 3.05) is 30.9 Å². The van der Waals surface area contributed by atoms with Gasteiger partial charge in [0.2, 0.25) is 0 Å². The topological polar surface area (TPSA) is 12.0 Å². The Morgan fingerprint density at radius 3 is 3.00 bits per heavy atom. The van der Waals surface area contributed by atoms with Crippen molar-refractivity contribution in [3.8, 4) is 0 Å². The van der Waals surface area contributed by atoms with E-state index in [0.717, 1.165) is 5.25 Å². The van der Waals surface area contributed by atoms with Crippen LogP contribution in [0.3, 0.4) is 0 Å². The van der Waals surface area contributed by atoms with Crippen molar-refractivity contribution in [3.63, 3.8) is 0 Å². The van der Waals surface area contributed by atoms with Crippen molar-refractivity contribution in [1.29, 1.82) is 0 Å². The molecule has 0 radical (unpaired) electrons. The van der Waals surface area contributed by atoms with Crippen LogP contribution in [0.2, 0.25) is 0 Å². The Morgan fingerprint density at radius 1 is 1.56 bits per heavy atom. The molecule has 1 fully saturated rings. The van der Waals surface area contributed by atoms with Crippen LogP contribution < -0.4 is 5.32 Å². The molecule has 1 saturated heterocycles. The molecule has 1 nitrogen and oxygen atoms in total. The summed E-state index contributed by atoms with van der Waals surface area (Å²) in [6.45, 7) is 1.18. The molecule has 0 aromatic rings. The number of hydrogen-bond acceptors (Lipinski definition) is 3. The molecule has 0 saturated carbocycles. The van der Waals surface area contributed by atoms with Crippen molar-refractivity contribution in [2.45, 2.75) is 5.25 Å². The first-order valence-electron chi connectivity index (χ1n) is 3.27. The van der Waals surface area contributed by atoms with E-state index in [1.807, 2.05) is 7.05 Å². The van der Waals surface area contributed by atoms with Crippen LogP contribution in [0, 0.1) is 0 Å². The van der Waals surface area contributed by atoms with Gasteiger partial charge in [0.25, 0.3) is 0 Å². The highest BCUT2D eigenvalue weighted by Gasteiger charge is 2.11. The molecule has 0 bridgehead atoms. The lowest BCUT2D eigenvalue weighted by atomic mass is 10.5. The maximum Gasteiger partial charge on any atom is 0.0263 e. The summed E-state index contributed by atoms with van der Waals surface area (Å²) in [5.74, 6) is 4.04. The van der Waals surface area contributed by atoms with Gasteiger partial charge in [-0.25, -0.2) is 0 Å². The first-order valence-corrected chi connectivity index (χ1v) is 5.48. The first-order chi connectivity index (χ1) is 4.43. The standard InChI is InChI=1S/C6H13NS2/c1-7-4-6-5-8-2-3-9-6/h6-7H,2-5H2,1H3. The Labute approximate surface area is 65.4 Å². The predicted octanol–water partition coefficient (Wildman–Crippen LogP) is 1.05. The minimum absolute atomic E-state index is 0.869. The van der Waals surface area contributed by atoms with E-state index in [4.69, 9.17) is 0 Å². The van der Waals surface area contributed by atoms with E-state index in [1.165, 1.54) is 23.8 Å². The fraction of sp³-hybridized carbons (Fsp3) is 1.00. The molecule has 1 aliphatic rings. The molecule has 1 unspecified atom stereocenters. The van der Waals surface area contributed by atoms with Crippen LogP contribution in [0.4, 0.5) is 0 Å². The third-order valence-electron chi connectivity index (χ3n) is 1.32. The van der Waals surface area contributed by atoms with Crippen LogP contribution in [0.15, 0.2) is 0 Å². The van der Waals surface area contributed by atoms with Crippen molar-refractivity contribution in [1.82, 2.24) is 5.32 Å². The monoisotopic (exact) mass is 163 g/mol. The Bertz CT molecular complexity index is 68.7. The van der Waals surface area contributed by atoms with Crippen molar-refractivity contribution >= 4 is 23.5 Å². The minimum Gasteiger partial charge on any atom is -0.319 e. The molecule has 54 valence electrons. The average Bonchev–Trinajstić information content (AvgIpc) is 1.91. The molecular weight excluding hydrogens is 150 g/mol. The van der Waals surface area contributed by atoms with Crippen molar-refractivity contribution < 1.29 is 0 Å². The quantitative estimate of drug-likeness (QED) is 0.653. The Hall–Kier alpha value is 0.660. The van der Waals surface area contributed by atoms with Gasteiger partial charge in [-0.15, -0.1) is 0 Å². The maximum absolute atomic E-state index is 3.20. The largest absolute Gasteiger partial charge is 0.319 e. The summed E-state index contributed by atoms with van der Waals surface area (Å²) in [7, 11) is 2.03. The zero-order valence-corrected chi connectivity index (χ0v) is 7.36. The zero-order chi connectivity index (χ0) is 6.53.